The van der Waals surface area contributed by atoms with E-state index in [0.717, 1.165) is 23.8 Å². The van der Waals surface area contributed by atoms with E-state index in [9.17, 15) is 30.7 Å². The van der Waals surface area contributed by atoms with Crippen molar-refractivity contribution in [1.29, 1.82) is 0 Å². The van der Waals surface area contributed by atoms with Crippen LogP contribution in [-0.4, -0.2) is 43.4 Å². The second kappa shape index (κ2) is 11.2. The van der Waals surface area contributed by atoms with Gasteiger partial charge in [0.15, 0.2) is 18.3 Å². The number of rotatable bonds is 10. The molecule has 0 saturated heterocycles. The van der Waals surface area contributed by atoms with Gasteiger partial charge in [-0.15, -0.1) is 0 Å². The van der Waals surface area contributed by atoms with Crippen molar-refractivity contribution in [2.45, 2.75) is 24.9 Å². The zero-order chi connectivity index (χ0) is 23.8. The fraction of sp³-hybridized carbons (Fsp3) is 0.350. The third kappa shape index (κ3) is 9.16. The molecule has 2 aromatic carbocycles. The molecule has 0 aliphatic carbocycles. The highest BCUT2D eigenvalue weighted by Gasteiger charge is 2.41. The lowest BCUT2D eigenvalue weighted by Crippen LogP contribution is -2.33. The number of benzene rings is 2. The zero-order valence-electron chi connectivity index (χ0n) is 16.4. The number of halogens is 7. The van der Waals surface area contributed by atoms with Gasteiger partial charge in [-0.2, -0.15) is 22.0 Å². The zero-order valence-corrected chi connectivity index (χ0v) is 17.2. The average molecular weight is 484 g/mol. The van der Waals surface area contributed by atoms with Gasteiger partial charge in [-0.25, -0.2) is 8.78 Å². The van der Waals surface area contributed by atoms with Gasteiger partial charge in [-0.3, -0.25) is 0 Å². The van der Waals surface area contributed by atoms with Crippen molar-refractivity contribution < 1.29 is 40.2 Å². The number of hydrogen-bond acceptors (Lipinski definition) is 3. The summed E-state index contributed by atoms with van der Waals surface area (Å²) in [4.78, 5) is 0. The lowest BCUT2D eigenvalue weighted by Gasteiger charge is -2.18. The lowest BCUT2D eigenvalue weighted by molar-refractivity contribution is -0.153. The minimum Gasteiger partial charge on any atom is -0.487 e. The summed E-state index contributed by atoms with van der Waals surface area (Å²) in [5, 5.41) is 5.65. The van der Waals surface area contributed by atoms with Crippen molar-refractivity contribution in [3.8, 4) is 11.5 Å². The number of hydrogen-bond donors (Lipinski definition) is 2. The maximum absolute atomic E-state index is 13.1. The van der Waals surface area contributed by atoms with Crippen LogP contribution in [-0.2, 0) is 6.42 Å². The molecule has 0 bridgehead atoms. The quantitative estimate of drug-likeness (QED) is 0.348. The molecule has 2 N–H and O–H groups in total. The Bertz CT molecular complexity index is 880. The Balaban J connectivity index is 2.04. The van der Waals surface area contributed by atoms with Gasteiger partial charge in [0.2, 0.25) is 0 Å². The summed E-state index contributed by atoms with van der Waals surface area (Å²) < 4.78 is 97.5. The molecule has 0 saturated carbocycles. The van der Waals surface area contributed by atoms with Crippen molar-refractivity contribution in [2.75, 3.05) is 25.1 Å². The fourth-order valence-electron chi connectivity index (χ4n) is 2.36. The monoisotopic (exact) mass is 484 g/mol. The summed E-state index contributed by atoms with van der Waals surface area (Å²) >= 11 is 5.12. The summed E-state index contributed by atoms with van der Waals surface area (Å²) in [5.74, 6) is -5.22. The van der Waals surface area contributed by atoms with E-state index in [1.165, 1.54) is 0 Å². The van der Waals surface area contributed by atoms with Gasteiger partial charge in [0.25, 0.3) is 0 Å². The largest absolute Gasteiger partial charge is 0.487 e. The highest BCUT2D eigenvalue weighted by atomic mass is 32.1. The molecule has 0 amide bonds. The fourth-order valence-corrected chi connectivity index (χ4v) is 2.58. The van der Waals surface area contributed by atoms with Crippen LogP contribution in [0.5, 0.6) is 11.5 Å². The van der Waals surface area contributed by atoms with Crippen molar-refractivity contribution in [1.82, 2.24) is 5.32 Å². The Morgan fingerprint density at radius 1 is 0.906 bits per heavy atom. The summed E-state index contributed by atoms with van der Waals surface area (Å²) in [7, 11) is 0. The van der Waals surface area contributed by atoms with E-state index < -0.39 is 37.5 Å². The first-order chi connectivity index (χ1) is 14.9. The van der Waals surface area contributed by atoms with E-state index in [0.29, 0.717) is 13.0 Å². The van der Waals surface area contributed by atoms with Gasteiger partial charge in [0, 0.05) is 30.4 Å². The minimum atomic E-state index is -4.65. The summed E-state index contributed by atoms with van der Waals surface area (Å²) in [6, 6.07) is 12.6. The first-order valence-electron chi connectivity index (χ1n) is 9.17. The predicted molar refractivity (Wildman–Crippen MR) is 109 cm³/mol. The Hall–Kier alpha value is -2.76. The SMILES string of the molecule is FC(F)C(F)(F)COc1cc(NC(=S)NCCc2ccccc2)cc(OCC(F)(F)F)c1. The smallest absolute Gasteiger partial charge is 0.422 e. The number of anilines is 1. The van der Waals surface area contributed by atoms with Crippen LogP contribution >= 0.6 is 12.2 Å². The highest BCUT2D eigenvalue weighted by molar-refractivity contribution is 7.80. The molecule has 0 aromatic heterocycles. The first kappa shape index (κ1) is 25.5. The van der Waals surface area contributed by atoms with E-state index >= 15 is 0 Å². The molecule has 0 radical (unpaired) electrons. The van der Waals surface area contributed by atoms with Crippen LogP contribution in [0.15, 0.2) is 48.5 Å². The molecule has 0 heterocycles. The Kier molecular flexibility index (Phi) is 8.93. The molecule has 176 valence electrons. The van der Waals surface area contributed by atoms with Gasteiger partial charge >= 0.3 is 18.5 Å². The summed E-state index contributed by atoms with van der Waals surface area (Å²) in [6.45, 7) is -2.89. The standard InChI is InChI=1S/C20H19F7N2O2S/c21-17(22)19(23,24)11-30-15-8-14(9-16(10-15)31-12-20(25,26)27)29-18(32)28-7-6-13-4-2-1-3-5-13/h1-5,8-10,17H,6-7,11-12H2,(H2,28,29,32). The Morgan fingerprint density at radius 2 is 1.50 bits per heavy atom. The minimum absolute atomic E-state index is 0.0530. The molecule has 0 aliphatic heterocycles. The van der Waals surface area contributed by atoms with E-state index in [1.54, 1.807) is 0 Å². The molecule has 0 aliphatic rings. The third-order valence-electron chi connectivity index (χ3n) is 3.83. The van der Waals surface area contributed by atoms with Crippen LogP contribution in [0.25, 0.3) is 0 Å². The summed E-state index contributed by atoms with van der Waals surface area (Å²) in [6.07, 6.45) is -7.98. The number of alkyl halides is 7. The molecule has 2 aromatic rings. The highest BCUT2D eigenvalue weighted by Crippen LogP contribution is 2.30. The van der Waals surface area contributed by atoms with E-state index in [1.807, 2.05) is 30.3 Å². The molecule has 12 heteroatoms. The second-order valence-corrected chi connectivity index (χ2v) is 6.97. The van der Waals surface area contributed by atoms with Gasteiger partial charge in [0.05, 0.1) is 0 Å². The van der Waals surface area contributed by atoms with Crippen molar-refractivity contribution >= 4 is 23.0 Å². The molecular weight excluding hydrogens is 465 g/mol. The molecule has 0 atom stereocenters. The average Bonchev–Trinajstić information content (AvgIpc) is 2.71. The molecule has 0 unspecified atom stereocenters. The van der Waals surface area contributed by atoms with E-state index in [-0.39, 0.29) is 16.5 Å². The molecule has 0 spiro atoms. The molecule has 2 rings (SSSR count). The second-order valence-electron chi connectivity index (χ2n) is 6.56. The Morgan fingerprint density at radius 3 is 2.06 bits per heavy atom. The maximum atomic E-state index is 13.1. The normalized spacial score (nSPS) is 11.9. The number of thiocarbonyl (C=S) groups is 1. The van der Waals surface area contributed by atoms with Gasteiger partial charge in [-0.05, 0) is 24.2 Å². The molecular formula is C20H19F7N2O2S. The van der Waals surface area contributed by atoms with Crippen LogP contribution in [0.4, 0.5) is 36.4 Å². The third-order valence-corrected chi connectivity index (χ3v) is 4.08. The lowest BCUT2D eigenvalue weighted by atomic mass is 10.1. The van der Waals surface area contributed by atoms with E-state index in [4.69, 9.17) is 12.2 Å². The predicted octanol–water partition coefficient (Wildman–Crippen LogP) is 5.44. The van der Waals surface area contributed by atoms with E-state index in [2.05, 4.69) is 20.1 Å². The van der Waals surface area contributed by atoms with Crippen LogP contribution < -0.4 is 20.1 Å². The maximum Gasteiger partial charge on any atom is 0.422 e. The van der Waals surface area contributed by atoms with Crippen LogP contribution in [0.2, 0.25) is 0 Å². The Labute approximate surface area is 184 Å². The number of ether oxygens (including phenoxy) is 2. The van der Waals surface area contributed by atoms with Crippen molar-refractivity contribution in [3.05, 3.63) is 54.1 Å². The molecule has 32 heavy (non-hydrogen) atoms. The van der Waals surface area contributed by atoms with Crippen LogP contribution in [0, 0.1) is 0 Å². The van der Waals surface area contributed by atoms with Gasteiger partial charge in [-0.1, -0.05) is 30.3 Å². The van der Waals surface area contributed by atoms with Gasteiger partial charge in [0.1, 0.15) is 11.5 Å². The summed E-state index contributed by atoms with van der Waals surface area (Å²) in [5.41, 5.74) is 1.10. The molecule has 0 fully saturated rings. The topological polar surface area (TPSA) is 42.5 Å². The van der Waals surface area contributed by atoms with Crippen molar-refractivity contribution in [3.63, 3.8) is 0 Å². The first-order valence-corrected chi connectivity index (χ1v) is 9.57. The van der Waals surface area contributed by atoms with Gasteiger partial charge < -0.3 is 20.1 Å². The number of nitrogens with one attached hydrogen (secondary N) is 2. The molecule has 4 nitrogen and oxygen atoms in total. The van der Waals surface area contributed by atoms with Crippen LogP contribution in [0.1, 0.15) is 5.56 Å². The van der Waals surface area contributed by atoms with Crippen LogP contribution in [0.3, 0.4) is 0 Å². The van der Waals surface area contributed by atoms with Crippen molar-refractivity contribution in [2.24, 2.45) is 0 Å².